The van der Waals surface area contributed by atoms with Crippen molar-refractivity contribution in [1.82, 2.24) is 5.32 Å². The predicted molar refractivity (Wildman–Crippen MR) is 54.2 cm³/mol. The maximum atomic E-state index is 13.2. The van der Waals surface area contributed by atoms with Gasteiger partial charge in [0.05, 0.1) is 4.61 Å². The van der Waals surface area contributed by atoms with Gasteiger partial charge in [0.15, 0.2) is 5.88 Å². The van der Waals surface area contributed by atoms with Gasteiger partial charge in [-0.3, -0.25) is 0 Å². The highest BCUT2D eigenvalue weighted by Crippen LogP contribution is 2.48. The first-order valence-corrected chi connectivity index (χ1v) is 5.37. The molecule has 2 nitrogen and oxygen atoms in total. The molecule has 0 aliphatic carbocycles. The van der Waals surface area contributed by atoms with Crippen LogP contribution in [0, 0.1) is 5.92 Å². The van der Waals surface area contributed by atoms with Crippen molar-refractivity contribution in [3.8, 4) is 0 Å². The molecule has 0 bridgehead atoms. The van der Waals surface area contributed by atoms with Crippen molar-refractivity contribution in [2.24, 2.45) is 0 Å². The van der Waals surface area contributed by atoms with Crippen molar-refractivity contribution < 1.29 is 35.5 Å². The van der Waals surface area contributed by atoms with Gasteiger partial charge in [0.1, 0.15) is 0 Å². The zero-order valence-corrected chi connectivity index (χ0v) is 10.7. The second-order valence-electron chi connectivity index (χ2n) is 3.56. The molecule has 1 aliphatic rings. The van der Waals surface area contributed by atoms with Gasteiger partial charge in [-0.1, -0.05) is 6.92 Å². The van der Waals surface area contributed by atoms with Gasteiger partial charge in [0.25, 0.3) is 0 Å². The summed E-state index contributed by atoms with van der Waals surface area (Å²) in [6, 6.07) is 0. The normalized spacial score (nSPS) is 18.6. The molecule has 0 unspecified atom stereocenters. The van der Waals surface area contributed by atoms with E-state index < -0.39 is 24.1 Å². The fraction of sp³-hybridized carbons (Fsp3) is 0.444. The quantitative estimate of drug-likeness (QED) is 0.594. The van der Waals surface area contributed by atoms with Crippen LogP contribution in [-0.4, -0.2) is 18.2 Å². The molecule has 1 heterocycles. The molecule has 0 saturated carbocycles. The van der Waals surface area contributed by atoms with Crippen LogP contribution in [0.25, 0.3) is 0 Å². The van der Waals surface area contributed by atoms with E-state index in [9.17, 15) is 30.7 Å². The average Bonchev–Trinajstić information content (AvgIpc) is 2.11. The minimum atomic E-state index is -6.27. The number of ether oxygens (including phenoxy) is 1. The Morgan fingerprint density at radius 3 is 1.84 bits per heavy atom. The lowest BCUT2D eigenvalue weighted by atomic mass is 10.1. The number of nitrogens with one attached hydrogen (secondary N) is 1. The van der Waals surface area contributed by atoms with Crippen LogP contribution in [0.1, 0.15) is 6.92 Å². The topological polar surface area (TPSA) is 21.3 Å². The summed E-state index contributed by atoms with van der Waals surface area (Å²) in [5.41, 5.74) is 0. The third-order valence-electron chi connectivity index (χ3n) is 1.94. The molecule has 0 atom stereocenters. The number of hydrogen-bond acceptors (Lipinski definition) is 2. The fourth-order valence-electron chi connectivity index (χ4n) is 1.12. The van der Waals surface area contributed by atoms with Gasteiger partial charge in [0.2, 0.25) is 0 Å². The summed E-state index contributed by atoms with van der Waals surface area (Å²) in [6.45, 7) is 1.38. The summed E-state index contributed by atoms with van der Waals surface area (Å²) in [7, 11) is 0. The first-order chi connectivity index (χ1) is 8.37. The molecule has 0 aromatic carbocycles. The minimum Gasteiger partial charge on any atom is -0.428 e. The molecular weight excluding hydrogens is 351 g/mol. The van der Waals surface area contributed by atoms with Gasteiger partial charge in [-0.2, -0.15) is 30.7 Å². The largest absolute Gasteiger partial charge is 0.470 e. The summed E-state index contributed by atoms with van der Waals surface area (Å²) >= 11 is 2.80. The Balaban J connectivity index is 3.05. The van der Waals surface area contributed by atoms with Crippen LogP contribution in [-0.2, 0) is 4.74 Å². The summed E-state index contributed by atoms with van der Waals surface area (Å²) in [5.74, 6) is -6.53. The van der Waals surface area contributed by atoms with E-state index >= 15 is 0 Å². The van der Waals surface area contributed by atoms with Gasteiger partial charge in [0, 0.05) is 5.92 Å². The molecule has 1 aliphatic heterocycles. The van der Waals surface area contributed by atoms with Crippen LogP contribution in [0.3, 0.4) is 0 Å². The standard InChI is InChI=1S/C9H6BrF7NO/c1-4-2-5(10)18-6(3-4)19-7(11,8(12,13)14)9(15,16)17/h2-3,18H,1H3. The summed E-state index contributed by atoms with van der Waals surface area (Å²) in [5, 5.41) is 2.00. The van der Waals surface area contributed by atoms with Crippen LogP contribution >= 0.6 is 15.9 Å². The molecule has 10 heteroatoms. The number of halogens is 8. The van der Waals surface area contributed by atoms with E-state index in [1.807, 2.05) is 5.32 Å². The number of alkyl halides is 7. The highest BCUT2D eigenvalue weighted by Gasteiger charge is 2.76. The van der Waals surface area contributed by atoms with Crippen molar-refractivity contribution in [1.29, 1.82) is 0 Å². The lowest BCUT2D eigenvalue weighted by Gasteiger charge is -2.32. The fourth-order valence-corrected chi connectivity index (χ4v) is 1.68. The smallest absolute Gasteiger partial charge is 0.428 e. The van der Waals surface area contributed by atoms with E-state index in [1.165, 1.54) is 13.0 Å². The molecule has 1 N–H and O–H groups in total. The highest BCUT2D eigenvalue weighted by atomic mass is 79.9. The Kier molecular flexibility index (Phi) is 4.14. The number of allylic oxidation sites excluding steroid dienone is 2. The van der Waals surface area contributed by atoms with E-state index in [0.717, 1.165) is 6.08 Å². The Bertz CT molecular complexity index is 398. The molecule has 0 fully saturated rings. The van der Waals surface area contributed by atoms with Gasteiger partial charge >= 0.3 is 18.2 Å². The lowest BCUT2D eigenvalue weighted by molar-refractivity contribution is -0.421. The molecule has 0 aromatic heterocycles. The maximum Gasteiger partial charge on any atom is 0.470 e. The van der Waals surface area contributed by atoms with E-state index in [0.29, 0.717) is 0 Å². The van der Waals surface area contributed by atoms with Crippen LogP contribution in [0.4, 0.5) is 30.7 Å². The van der Waals surface area contributed by atoms with Crippen molar-refractivity contribution in [3.63, 3.8) is 0 Å². The van der Waals surface area contributed by atoms with E-state index in [4.69, 9.17) is 0 Å². The Morgan fingerprint density at radius 2 is 1.47 bits per heavy atom. The van der Waals surface area contributed by atoms with Crippen LogP contribution in [0.5, 0.6) is 0 Å². The third-order valence-corrected chi connectivity index (χ3v) is 2.36. The number of hydrogen-bond donors (Lipinski definition) is 1. The van der Waals surface area contributed by atoms with Crippen LogP contribution in [0.15, 0.2) is 22.6 Å². The van der Waals surface area contributed by atoms with Crippen molar-refractivity contribution in [3.05, 3.63) is 28.6 Å². The summed E-state index contributed by atoms with van der Waals surface area (Å²) in [4.78, 5) is 0. The minimum absolute atomic E-state index is 0.0363. The first kappa shape index (κ1) is 16.1. The number of dihydropyridines is 1. The third kappa shape index (κ3) is 3.34. The highest BCUT2D eigenvalue weighted by molar-refractivity contribution is 9.11. The predicted octanol–water partition coefficient (Wildman–Crippen LogP) is 4.07. The molecular formula is C9H6BrF7NO. The van der Waals surface area contributed by atoms with E-state index in [2.05, 4.69) is 20.7 Å². The van der Waals surface area contributed by atoms with Gasteiger partial charge < -0.3 is 10.1 Å². The average molecular weight is 357 g/mol. The molecule has 0 saturated heterocycles. The SMILES string of the molecule is C[C]1C=C(Br)NC(OC(F)(C(F)(F)F)C(F)(F)F)=C1. The maximum absolute atomic E-state index is 13.2. The molecule has 0 aromatic rings. The molecule has 1 rings (SSSR count). The second-order valence-corrected chi connectivity index (χ2v) is 4.42. The van der Waals surface area contributed by atoms with Crippen molar-refractivity contribution >= 4 is 15.9 Å². The van der Waals surface area contributed by atoms with Crippen molar-refractivity contribution in [2.45, 2.75) is 25.1 Å². The van der Waals surface area contributed by atoms with Gasteiger partial charge in [-0.15, -0.1) is 0 Å². The van der Waals surface area contributed by atoms with E-state index in [-0.39, 0.29) is 10.5 Å². The molecule has 109 valence electrons. The second kappa shape index (κ2) is 4.88. The Morgan fingerprint density at radius 1 is 1.00 bits per heavy atom. The monoisotopic (exact) mass is 356 g/mol. The lowest BCUT2D eigenvalue weighted by Crippen LogP contribution is -2.55. The first-order valence-electron chi connectivity index (χ1n) is 4.57. The summed E-state index contributed by atoms with van der Waals surface area (Å²) in [6.07, 6.45) is -10.4. The van der Waals surface area contributed by atoms with Gasteiger partial charge in [-0.25, -0.2) is 0 Å². The van der Waals surface area contributed by atoms with E-state index in [1.54, 1.807) is 0 Å². The van der Waals surface area contributed by atoms with Gasteiger partial charge in [-0.05, 0) is 28.1 Å². The molecule has 1 radical (unpaired) electrons. The zero-order valence-electron chi connectivity index (χ0n) is 9.09. The zero-order chi connectivity index (χ0) is 15.1. The molecule has 19 heavy (non-hydrogen) atoms. The summed E-state index contributed by atoms with van der Waals surface area (Å²) < 4.78 is 90.2. The molecule has 0 spiro atoms. The molecule has 0 amide bonds. The van der Waals surface area contributed by atoms with Crippen LogP contribution in [0.2, 0.25) is 0 Å². The Hall–Kier alpha value is -0.930. The Labute approximate surface area is 111 Å². The van der Waals surface area contributed by atoms with Crippen LogP contribution < -0.4 is 5.32 Å². The van der Waals surface area contributed by atoms with Crippen molar-refractivity contribution in [2.75, 3.05) is 0 Å². The number of rotatable bonds is 2.